The van der Waals surface area contributed by atoms with Crippen LogP contribution in [0.15, 0.2) is 29.2 Å². The molecule has 0 amide bonds. The maximum absolute atomic E-state index is 11.9. The van der Waals surface area contributed by atoms with Crippen molar-refractivity contribution in [2.45, 2.75) is 18.0 Å². The van der Waals surface area contributed by atoms with Gasteiger partial charge in [-0.1, -0.05) is 6.92 Å². The van der Waals surface area contributed by atoms with Crippen LogP contribution in [-0.4, -0.2) is 27.7 Å². The highest BCUT2D eigenvalue weighted by molar-refractivity contribution is 7.89. The van der Waals surface area contributed by atoms with Gasteiger partial charge in [-0.15, -0.1) is 0 Å². The summed E-state index contributed by atoms with van der Waals surface area (Å²) >= 11 is 0. The molecule has 0 atom stereocenters. The molecule has 0 spiro atoms. The summed E-state index contributed by atoms with van der Waals surface area (Å²) in [5.74, 6) is 0. The highest BCUT2D eigenvalue weighted by atomic mass is 32.2. The Bertz CT molecular complexity index is 483. The predicted molar refractivity (Wildman–Crippen MR) is 61.8 cm³/mol. The predicted octanol–water partition coefficient (Wildman–Crippen LogP) is 1.96. The molecule has 0 aliphatic rings. The maximum atomic E-state index is 11.9. The molecule has 1 aromatic rings. The third kappa shape index (κ3) is 4.53. The fourth-order valence-electron chi connectivity index (χ4n) is 1.23. The Labute approximate surface area is 103 Å². The van der Waals surface area contributed by atoms with E-state index in [9.17, 15) is 21.6 Å². The van der Waals surface area contributed by atoms with Crippen LogP contribution in [0.3, 0.4) is 0 Å². The van der Waals surface area contributed by atoms with Crippen molar-refractivity contribution in [1.82, 2.24) is 4.72 Å². The van der Waals surface area contributed by atoms with Crippen molar-refractivity contribution in [3.63, 3.8) is 0 Å². The highest BCUT2D eigenvalue weighted by Crippen LogP contribution is 2.18. The number of alkyl halides is 3. The molecular formula is C10H13F3N2O2S. The van der Waals surface area contributed by atoms with Crippen molar-refractivity contribution in [2.75, 3.05) is 18.4 Å². The molecule has 0 aliphatic carbocycles. The lowest BCUT2D eigenvalue weighted by Crippen LogP contribution is -2.23. The number of rotatable bonds is 5. The lowest BCUT2D eigenvalue weighted by molar-refractivity contribution is -0.115. The van der Waals surface area contributed by atoms with Crippen molar-refractivity contribution in [2.24, 2.45) is 0 Å². The summed E-state index contributed by atoms with van der Waals surface area (Å²) in [5.41, 5.74) is 0.211. The molecule has 1 aromatic carbocycles. The normalized spacial score (nSPS) is 12.4. The quantitative estimate of drug-likeness (QED) is 0.868. The van der Waals surface area contributed by atoms with Gasteiger partial charge in [-0.3, -0.25) is 0 Å². The second kappa shape index (κ2) is 5.57. The molecule has 18 heavy (non-hydrogen) atoms. The summed E-state index contributed by atoms with van der Waals surface area (Å²) < 4.78 is 61.2. The van der Waals surface area contributed by atoms with Gasteiger partial charge in [-0.05, 0) is 24.3 Å². The van der Waals surface area contributed by atoms with Crippen molar-refractivity contribution in [1.29, 1.82) is 0 Å². The summed E-state index contributed by atoms with van der Waals surface area (Å²) in [5, 5.41) is 2.16. The first-order valence-corrected chi connectivity index (χ1v) is 6.63. The Kier molecular flexibility index (Phi) is 4.58. The van der Waals surface area contributed by atoms with Gasteiger partial charge in [0.1, 0.15) is 6.54 Å². The van der Waals surface area contributed by atoms with E-state index in [1.807, 2.05) is 0 Å². The number of anilines is 1. The van der Waals surface area contributed by atoms with Gasteiger partial charge in [0.25, 0.3) is 0 Å². The van der Waals surface area contributed by atoms with Crippen LogP contribution in [0.2, 0.25) is 0 Å². The van der Waals surface area contributed by atoms with Crippen molar-refractivity contribution in [3.05, 3.63) is 24.3 Å². The first-order valence-electron chi connectivity index (χ1n) is 5.15. The largest absolute Gasteiger partial charge is 0.405 e. The van der Waals surface area contributed by atoms with Crippen molar-refractivity contribution < 1.29 is 21.6 Å². The minimum Gasteiger partial charge on any atom is -0.376 e. The van der Waals surface area contributed by atoms with Gasteiger partial charge in [0.05, 0.1) is 4.90 Å². The van der Waals surface area contributed by atoms with Crippen LogP contribution in [0.25, 0.3) is 0 Å². The minimum atomic E-state index is -4.31. The molecule has 0 fully saturated rings. The molecule has 2 N–H and O–H groups in total. The second-order valence-electron chi connectivity index (χ2n) is 3.49. The van der Waals surface area contributed by atoms with Crippen molar-refractivity contribution >= 4 is 15.7 Å². The summed E-state index contributed by atoms with van der Waals surface area (Å²) in [6.45, 7) is 0.722. The smallest absolute Gasteiger partial charge is 0.376 e. The number of halogens is 3. The van der Waals surface area contributed by atoms with Crippen LogP contribution in [0.4, 0.5) is 18.9 Å². The molecule has 0 radical (unpaired) electrons. The van der Waals surface area contributed by atoms with Crippen molar-refractivity contribution in [3.8, 4) is 0 Å². The van der Waals surface area contributed by atoms with Gasteiger partial charge in [0.15, 0.2) is 0 Å². The van der Waals surface area contributed by atoms with Gasteiger partial charge in [-0.2, -0.15) is 13.2 Å². The van der Waals surface area contributed by atoms with Gasteiger partial charge in [0.2, 0.25) is 10.0 Å². The van der Waals surface area contributed by atoms with E-state index in [1.54, 1.807) is 6.92 Å². The number of benzene rings is 1. The zero-order valence-corrected chi connectivity index (χ0v) is 10.4. The molecule has 0 heterocycles. The lowest BCUT2D eigenvalue weighted by Gasteiger charge is -2.10. The first-order chi connectivity index (χ1) is 8.24. The van der Waals surface area contributed by atoms with E-state index in [0.29, 0.717) is 0 Å². The average Bonchev–Trinajstić information content (AvgIpc) is 2.26. The number of hydrogen-bond acceptors (Lipinski definition) is 3. The molecular weight excluding hydrogens is 269 g/mol. The van der Waals surface area contributed by atoms with E-state index >= 15 is 0 Å². The zero-order chi connectivity index (χ0) is 13.8. The Hall–Kier alpha value is -1.28. The molecule has 4 nitrogen and oxygen atoms in total. The van der Waals surface area contributed by atoms with Gasteiger partial charge < -0.3 is 5.32 Å². The molecule has 0 bridgehead atoms. The minimum absolute atomic E-state index is 0.0157. The topological polar surface area (TPSA) is 58.2 Å². The number of hydrogen-bond donors (Lipinski definition) is 2. The molecule has 0 saturated carbocycles. The monoisotopic (exact) mass is 282 g/mol. The summed E-state index contributed by atoms with van der Waals surface area (Å²) in [4.78, 5) is 0.0157. The Morgan fingerprint density at radius 1 is 1.17 bits per heavy atom. The summed E-state index contributed by atoms with van der Waals surface area (Å²) in [6, 6.07) is 5.07. The highest BCUT2D eigenvalue weighted by Gasteiger charge is 2.26. The third-order valence-corrected chi connectivity index (χ3v) is 3.55. The first kappa shape index (κ1) is 14.8. The molecule has 1 rings (SSSR count). The summed E-state index contributed by atoms with van der Waals surface area (Å²) in [6.07, 6.45) is -4.31. The van der Waals surface area contributed by atoms with Gasteiger partial charge >= 0.3 is 6.18 Å². The number of nitrogens with one attached hydrogen (secondary N) is 2. The average molecular weight is 282 g/mol. The van der Waals surface area contributed by atoms with Crippen LogP contribution in [-0.2, 0) is 10.0 Å². The Morgan fingerprint density at radius 3 is 2.17 bits per heavy atom. The van der Waals surface area contributed by atoms with Gasteiger partial charge in [-0.25, -0.2) is 13.1 Å². The molecule has 0 aromatic heterocycles. The van der Waals surface area contributed by atoms with E-state index in [0.717, 1.165) is 0 Å². The zero-order valence-electron chi connectivity index (χ0n) is 9.58. The Morgan fingerprint density at radius 2 is 1.72 bits per heavy atom. The van der Waals surface area contributed by atoms with E-state index in [-0.39, 0.29) is 17.1 Å². The second-order valence-corrected chi connectivity index (χ2v) is 5.26. The molecule has 102 valence electrons. The SMILES string of the molecule is CCNS(=O)(=O)c1ccc(NCC(F)(F)F)cc1. The van der Waals surface area contributed by atoms with Crippen LogP contribution < -0.4 is 10.0 Å². The third-order valence-electron chi connectivity index (χ3n) is 1.99. The van der Waals surface area contributed by atoms with E-state index in [2.05, 4.69) is 10.0 Å². The van der Waals surface area contributed by atoms with E-state index in [4.69, 9.17) is 0 Å². The van der Waals surface area contributed by atoms with Crippen LogP contribution in [0, 0.1) is 0 Å². The van der Waals surface area contributed by atoms with E-state index < -0.39 is 22.7 Å². The van der Waals surface area contributed by atoms with Crippen LogP contribution in [0.1, 0.15) is 6.92 Å². The van der Waals surface area contributed by atoms with Crippen LogP contribution in [0.5, 0.6) is 0 Å². The standard InChI is InChI=1S/C10H13F3N2O2S/c1-2-15-18(16,17)9-5-3-8(4-6-9)14-7-10(11,12)13/h3-6,14-15H,2,7H2,1H3. The fraction of sp³-hybridized carbons (Fsp3) is 0.400. The summed E-state index contributed by atoms with van der Waals surface area (Å²) in [7, 11) is -3.57. The number of sulfonamides is 1. The fourth-order valence-corrected chi connectivity index (χ4v) is 2.27. The lowest BCUT2D eigenvalue weighted by atomic mass is 10.3. The maximum Gasteiger partial charge on any atom is 0.405 e. The van der Waals surface area contributed by atoms with Gasteiger partial charge in [0, 0.05) is 12.2 Å². The Balaban J connectivity index is 2.75. The van der Waals surface area contributed by atoms with E-state index in [1.165, 1.54) is 24.3 Å². The molecule has 0 saturated heterocycles. The molecule has 0 unspecified atom stereocenters. The molecule has 8 heteroatoms. The van der Waals surface area contributed by atoms with Crippen LogP contribution >= 0.6 is 0 Å². The molecule has 0 aliphatic heterocycles.